The van der Waals surface area contributed by atoms with E-state index in [1.165, 1.54) is 12.1 Å². The van der Waals surface area contributed by atoms with Gasteiger partial charge in [-0.25, -0.2) is 0 Å². The average molecular weight is 387 g/mol. The normalized spacial score (nSPS) is 11.9. The van der Waals surface area contributed by atoms with E-state index in [1.807, 2.05) is 43.5 Å². The first-order valence-electron chi connectivity index (χ1n) is 9.62. The Balaban J connectivity index is 2.37. The zero-order valence-electron chi connectivity index (χ0n) is 16.4. The number of aryl methyl sites for hydroxylation is 1. The zero-order valence-corrected chi connectivity index (χ0v) is 16.4. The lowest BCUT2D eigenvalue weighted by atomic mass is 9.99. The van der Waals surface area contributed by atoms with E-state index in [9.17, 15) is 18.0 Å². The van der Waals surface area contributed by atoms with Crippen LogP contribution < -0.4 is 5.43 Å². The van der Waals surface area contributed by atoms with Crippen molar-refractivity contribution in [3.8, 4) is 5.69 Å². The predicted molar refractivity (Wildman–Crippen MR) is 107 cm³/mol. The van der Waals surface area contributed by atoms with E-state index in [4.69, 9.17) is 0 Å². The molecule has 0 aliphatic heterocycles. The molecule has 3 aromatic rings. The smallest absolute Gasteiger partial charge is 0.313 e. The van der Waals surface area contributed by atoms with Gasteiger partial charge in [-0.05, 0) is 56.2 Å². The highest BCUT2D eigenvalue weighted by atomic mass is 19.4. The summed E-state index contributed by atoms with van der Waals surface area (Å²) in [6, 6.07) is 10.9. The lowest BCUT2D eigenvalue weighted by molar-refractivity contribution is -0.137. The van der Waals surface area contributed by atoms with Crippen molar-refractivity contribution < 1.29 is 13.2 Å². The molecule has 0 radical (unpaired) electrons. The molecule has 1 heterocycles. The van der Waals surface area contributed by atoms with E-state index in [-0.39, 0.29) is 5.43 Å². The summed E-state index contributed by atoms with van der Waals surface area (Å²) in [4.78, 5) is 13.2. The number of benzene rings is 2. The van der Waals surface area contributed by atoms with Crippen LogP contribution in [0.3, 0.4) is 0 Å². The van der Waals surface area contributed by atoms with Gasteiger partial charge in [-0.3, -0.25) is 4.79 Å². The third-order valence-corrected chi connectivity index (χ3v) is 4.97. The number of halogens is 3. The Hall–Kier alpha value is -2.56. The van der Waals surface area contributed by atoms with Crippen molar-refractivity contribution in [2.24, 2.45) is 0 Å². The van der Waals surface area contributed by atoms with Gasteiger partial charge in [0.1, 0.15) is 0 Å². The van der Waals surface area contributed by atoms with Crippen LogP contribution in [0.1, 0.15) is 49.1 Å². The molecule has 1 aromatic heterocycles. The van der Waals surface area contributed by atoms with Crippen LogP contribution >= 0.6 is 0 Å². The molecule has 0 N–H and O–H groups in total. The second-order valence-corrected chi connectivity index (χ2v) is 7.16. The summed E-state index contributed by atoms with van der Waals surface area (Å²) in [6.45, 7) is 6.00. The first-order chi connectivity index (χ1) is 13.3. The van der Waals surface area contributed by atoms with Crippen molar-refractivity contribution in [2.45, 2.75) is 52.6 Å². The molecule has 148 valence electrons. The van der Waals surface area contributed by atoms with Gasteiger partial charge in [0, 0.05) is 22.3 Å². The number of nitrogens with zero attached hydrogens (tertiary/aromatic N) is 1. The summed E-state index contributed by atoms with van der Waals surface area (Å²) in [7, 11) is 0. The summed E-state index contributed by atoms with van der Waals surface area (Å²) in [5.41, 5.74) is 3.37. The number of pyridine rings is 1. The van der Waals surface area contributed by atoms with Crippen LogP contribution in [0.15, 0.2) is 47.3 Å². The highest BCUT2D eigenvalue weighted by Crippen LogP contribution is 2.31. The Labute approximate surface area is 162 Å². The SMILES string of the molecule is CCCc1c(CCC)n(-c2ccc(C(F)(F)F)cc2)c2ccc(C)cc2c1=O. The first-order valence-corrected chi connectivity index (χ1v) is 9.62. The van der Waals surface area contributed by atoms with Gasteiger partial charge < -0.3 is 4.57 Å². The third kappa shape index (κ3) is 3.71. The van der Waals surface area contributed by atoms with Crippen LogP contribution in [0.2, 0.25) is 0 Å². The molecule has 0 amide bonds. The minimum absolute atomic E-state index is 0.0344. The van der Waals surface area contributed by atoms with Gasteiger partial charge in [-0.2, -0.15) is 13.2 Å². The monoisotopic (exact) mass is 387 g/mol. The van der Waals surface area contributed by atoms with E-state index in [0.717, 1.165) is 47.3 Å². The molecule has 0 aliphatic carbocycles. The third-order valence-electron chi connectivity index (χ3n) is 4.97. The summed E-state index contributed by atoms with van der Waals surface area (Å²) in [6.07, 6.45) is -1.36. The molecule has 2 nitrogen and oxygen atoms in total. The standard InChI is InChI=1S/C23H24F3NO/c1-4-6-18-20(7-5-2)27(17-11-9-16(10-12-17)23(24,25)26)21-13-8-15(3)14-19(21)22(18)28/h8-14H,4-7H2,1-3H3. The number of alkyl halides is 3. The van der Waals surface area contributed by atoms with Crippen molar-refractivity contribution in [3.63, 3.8) is 0 Å². The van der Waals surface area contributed by atoms with E-state index < -0.39 is 11.7 Å². The lowest BCUT2D eigenvalue weighted by Crippen LogP contribution is -2.20. The fraction of sp³-hybridized carbons (Fsp3) is 0.348. The molecule has 2 aromatic carbocycles. The molecule has 0 atom stereocenters. The molecule has 0 bridgehead atoms. The number of hydrogen-bond acceptors (Lipinski definition) is 1. The van der Waals surface area contributed by atoms with Gasteiger partial charge in [0.25, 0.3) is 0 Å². The van der Waals surface area contributed by atoms with E-state index in [2.05, 4.69) is 0 Å². The van der Waals surface area contributed by atoms with Crippen LogP contribution in [0, 0.1) is 6.92 Å². The van der Waals surface area contributed by atoms with E-state index >= 15 is 0 Å². The largest absolute Gasteiger partial charge is 0.416 e. The summed E-state index contributed by atoms with van der Waals surface area (Å²) < 4.78 is 40.9. The Kier molecular flexibility index (Phi) is 5.64. The molecule has 0 saturated carbocycles. The fourth-order valence-electron chi connectivity index (χ4n) is 3.70. The van der Waals surface area contributed by atoms with Gasteiger partial charge in [-0.1, -0.05) is 38.3 Å². The molecule has 0 saturated heterocycles. The second-order valence-electron chi connectivity index (χ2n) is 7.16. The number of fused-ring (bicyclic) bond motifs is 1. The van der Waals surface area contributed by atoms with Crippen LogP contribution in [0.5, 0.6) is 0 Å². The number of rotatable bonds is 5. The summed E-state index contributed by atoms with van der Waals surface area (Å²) >= 11 is 0. The maximum absolute atomic E-state index is 13.2. The molecule has 5 heteroatoms. The fourth-order valence-corrected chi connectivity index (χ4v) is 3.70. The van der Waals surface area contributed by atoms with E-state index in [0.29, 0.717) is 23.9 Å². The van der Waals surface area contributed by atoms with Gasteiger partial charge in [-0.15, -0.1) is 0 Å². The Bertz CT molecular complexity index is 1050. The van der Waals surface area contributed by atoms with Crippen molar-refractivity contribution in [2.75, 3.05) is 0 Å². The Morgan fingerprint density at radius 3 is 2.14 bits per heavy atom. The minimum atomic E-state index is -4.37. The van der Waals surface area contributed by atoms with E-state index in [1.54, 1.807) is 0 Å². The van der Waals surface area contributed by atoms with Crippen molar-refractivity contribution >= 4 is 10.9 Å². The van der Waals surface area contributed by atoms with Gasteiger partial charge in [0.05, 0.1) is 11.1 Å². The number of hydrogen-bond donors (Lipinski definition) is 0. The van der Waals surface area contributed by atoms with Crippen molar-refractivity contribution in [1.82, 2.24) is 4.57 Å². The van der Waals surface area contributed by atoms with Crippen LogP contribution in [0.25, 0.3) is 16.6 Å². The van der Waals surface area contributed by atoms with Crippen molar-refractivity contribution in [1.29, 1.82) is 0 Å². The Morgan fingerprint density at radius 1 is 0.929 bits per heavy atom. The van der Waals surface area contributed by atoms with Crippen molar-refractivity contribution in [3.05, 3.63) is 75.1 Å². The highest BCUT2D eigenvalue weighted by Gasteiger charge is 2.30. The maximum atomic E-state index is 13.2. The highest BCUT2D eigenvalue weighted by molar-refractivity contribution is 5.83. The quantitative estimate of drug-likeness (QED) is 0.509. The molecule has 3 rings (SSSR count). The van der Waals surface area contributed by atoms with Gasteiger partial charge >= 0.3 is 6.18 Å². The predicted octanol–water partition coefficient (Wildman–Crippen LogP) is 6.22. The minimum Gasteiger partial charge on any atom is -0.313 e. The van der Waals surface area contributed by atoms with Gasteiger partial charge in [0.15, 0.2) is 5.43 Å². The second kappa shape index (κ2) is 7.82. The Morgan fingerprint density at radius 2 is 1.57 bits per heavy atom. The lowest BCUT2D eigenvalue weighted by Gasteiger charge is -2.21. The number of aromatic nitrogens is 1. The maximum Gasteiger partial charge on any atom is 0.416 e. The molecule has 0 unspecified atom stereocenters. The summed E-state index contributed by atoms with van der Waals surface area (Å²) in [5, 5.41) is 0.614. The van der Waals surface area contributed by atoms with Crippen LogP contribution in [0.4, 0.5) is 13.2 Å². The zero-order chi connectivity index (χ0) is 20.5. The molecular formula is C23H24F3NO. The molecular weight excluding hydrogens is 363 g/mol. The first kappa shape index (κ1) is 20.2. The van der Waals surface area contributed by atoms with Crippen LogP contribution in [-0.4, -0.2) is 4.57 Å². The summed E-state index contributed by atoms with van der Waals surface area (Å²) in [5.74, 6) is 0. The molecule has 0 fully saturated rings. The molecule has 0 spiro atoms. The van der Waals surface area contributed by atoms with Gasteiger partial charge in [0.2, 0.25) is 0 Å². The van der Waals surface area contributed by atoms with Crippen LogP contribution in [-0.2, 0) is 19.0 Å². The topological polar surface area (TPSA) is 22.0 Å². The average Bonchev–Trinajstić information content (AvgIpc) is 2.65. The molecule has 0 aliphatic rings. The molecule has 28 heavy (non-hydrogen) atoms.